The van der Waals surface area contributed by atoms with E-state index in [2.05, 4.69) is 14.9 Å². The van der Waals surface area contributed by atoms with E-state index in [1.165, 1.54) is 11.3 Å². The average Bonchev–Trinajstić information content (AvgIpc) is 3.26. The van der Waals surface area contributed by atoms with E-state index in [1.54, 1.807) is 12.4 Å². The molecular weight excluding hydrogens is 312 g/mol. The van der Waals surface area contributed by atoms with Crippen molar-refractivity contribution >= 4 is 23.1 Å². The van der Waals surface area contributed by atoms with Gasteiger partial charge >= 0.3 is 0 Å². The van der Waals surface area contributed by atoms with Crippen LogP contribution in [0.5, 0.6) is 5.88 Å². The fourth-order valence-corrected chi connectivity index (χ4v) is 3.47. The second kappa shape index (κ2) is 6.95. The number of rotatable bonds is 5. The van der Waals surface area contributed by atoms with Crippen LogP contribution in [0.15, 0.2) is 29.9 Å². The molecule has 2 aromatic heterocycles. The van der Waals surface area contributed by atoms with E-state index in [9.17, 15) is 4.79 Å². The van der Waals surface area contributed by atoms with Gasteiger partial charge in [-0.25, -0.2) is 9.97 Å². The Morgan fingerprint density at radius 2 is 2.30 bits per heavy atom. The lowest BCUT2D eigenvalue weighted by molar-refractivity contribution is 0.0750. The average molecular weight is 332 g/mol. The molecule has 0 radical (unpaired) electrons. The molecule has 1 amide bonds. The van der Waals surface area contributed by atoms with Crippen LogP contribution in [0.25, 0.3) is 0 Å². The molecule has 1 aliphatic rings. The van der Waals surface area contributed by atoms with Gasteiger partial charge in [0.25, 0.3) is 11.8 Å². The first kappa shape index (κ1) is 15.7. The molecule has 1 atom stereocenters. The summed E-state index contributed by atoms with van der Waals surface area (Å²) in [5.74, 6) is 1.40. The number of aromatic nitrogens is 2. The van der Waals surface area contributed by atoms with Gasteiger partial charge in [-0.3, -0.25) is 4.79 Å². The van der Waals surface area contributed by atoms with E-state index in [-0.39, 0.29) is 11.9 Å². The number of hydrogen-bond donors (Lipinski definition) is 0. The summed E-state index contributed by atoms with van der Waals surface area (Å²) in [4.78, 5) is 25.9. The van der Waals surface area contributed by atoms with Crippen LogP contribution in [0.1, 0.15) is 23.0 Å². The lowest BCUT2D eigenvalue weighted by Crippen LogP contribution is -2.38. The monoisotopic (exact) mass is 332 g/mol. The van der Waals surface area contributed by atoms with Crippen LogP contribution in [0.2, 0.25) is 0 Å². The topological polar surface area (TPSA) is 58.6 Å². The minimum absolute atomic E-state index is 0.0797. The van der Waals surface area contributed by atoms with Gasteiger partial charge in [0.05, 0.1) is 17.5 Å². The lowest BCUT2D eigenvalue weighted by Gasteiger charge is -2.25. The van der Waals surface area contributed by atoms with E-state index in [4.69, 9.17) is 4.74 Å². The van der Waals surface area contributed by atoms with Gasteiger partial charge in [0.15, 0.2) is 5.82 Å². The molecule has 0 aliphatic carbocycles. The summed E-state index contributed by atoms with van der Waals surface area (Å²) >= 11 is 1.48. The zero-order valence-corrected chi connectivity index (χ0v) is 14.1. The predicted octanol–water partition coefficient (Wildman–Crippen LogP) is 2.29. The van der Waals surface area contributed by atoms with Crippen LogP contribution >= 0.6 is 11.3 Å². The van der Waals surface area contributed by atoms with Crippen molar-refractivity contribution in [3.8, 4) is 5.88 Å². The zero-order valence-electron chi connectivity index (χ0n) is 13.3. The number of nitrogens with zero attached hydrogens (tertiary/aromatic N) is 4. The Balaban J connectivity index is 1.70. The van der Waals surface area contributed by atoms with Crippen LogP contribution in [0.4, 0.5) is 5.82 Å². The van der Waals surface area contributed by atoms with E-state index in [0.29, 0.717) is 12.5 Å². The van der Waals surface area contributed by atoms with Crippen molar-refractivity contribution in [2.24, 2.45) is 0 Å². The fraction of sp³-hybridized carbons (Fsp3) is 0.438. The van der Waals surface area contributed by atoms with Crippen LogP contribution in [0.3, 0.4) is 0 Å². The first-order valence-corrected chi connectivity index (χ1v) is 8.58. The fourth-order valence-electron chi connectivity index (χ4n) is 2.76. The van der Waals surface area contributed by atoms with Gasteiger partial charge in [-0.15, -0.1) is 11.3 Å². The normalized spacial score (nSPS) is 17.3. The van der Waals surface area contributed by atoms with Gasteiger partial charge in [0.1, 0.15) is 0 Å². The minimum Gasteiger partial charge on any atom is -0.475 e. The number of carbonyl (C=O) groups is 1. The lowest BCUT2D eigenvalue weighted by atomic mass is 10.2. The van der Waals surface area contributed by atoms with Crippen molar-refractivity contribution < 1.29 is 9.53 Å². The van der Waals surface area contributed by atoms with Gasteiger partial charge < -0.3 is 14.5 Å². The first-order chi connectivity index (χ1) is 11.2. The summed E-state index contributed by atoms with van der Waals surface area (Å²) in [6, 6.07) is 3.94. The summed E-state index contributed by atoms with van der Waals surface area (Å²) in [5, 5.41) is 1.93. The molecule has 6 nitrogen and oxygen atoms in total. The molecule has 0 aromatic carbocycles. The van der Waals surface area contributed by atoms with E-state index < -0.39 is 0 Å². The van der Waals surface area contributed by atoms with Crippen LogP contribution in [0, 0.1) is 0 Å². The van der Waals surface area contributed by atoms with Gasteiger partial charge in [-0.1, -0.05) is 6.07 Å². The predicted molar refractivity (Wildman–Crippen MR) is 90.2 cm³/mol. The van der Waals surface area contributed by atoms with Crippen molar-refractivity contribution in [2.75, 3.05) is 31.6 Å². The molecule has 1 saturated heterocycles. The van der Waals surface area contributed by atoms with Crippen molar-refractivity contribution in [1.29, 1.82) is 0 Å². The number of likely N-dealkylation sites (N-methyl/N-ethyl adjacent to an activating group) is 1. The summed E-state index contributed by atoms with van der Waals surface area (Å²) in [5.41, 5.74) is 0. The minimum atomic E-state index is 0.0797. The van der Waals surface area contributed by atoms with Crippen LogP contribution in [-0.2, 0) is 0 Å². The number of amides is 1. The Kier molecular flexibility index (Phi) is 4.76. The van der Waals surface area contributed by atoms with Crippen molar-refractivity contribution in [2.45, 2.75) is 19.4 Å². The standard InChI is InChI=1S/C16H20N4O2S/c1-3-22-15-14(17-7-8-18-15)20-9-6-12(11-20)19(2)16(21)13-5-4-10-23-13/h4-5,7-8,10,12H,3,6,9,11H2,1-2H3. The Labute approximate surface area is 139 Å². The van der Waals surface area contributed by atoms with E-state index in [1.807, 2.05) is 36.4 Å². The van der Waals surface area contributed by atoms with Gasteiger partial charge in [-0.05, 0) is 24.8 Å². The van der Waals surface area contributed by atoms with E-state index >= 15 is 0 Å². The van der Waals surface area contributed by atoms with Gasteiger partial charge in [0.2, 0.25) is 0 Å². The van der Waals surface area contributed by atoms with Crippen LogP contribution < -0.4 is 9.64 Å². The molecule has 2 aromatic rings. The molecule has 3 heterocycles. The summed E-state index contributed by atoms with van der Waals surface area (Å²) in [6.45, 7) is 4.07. The Morgan fingerprint density at radius 3 is 3.04 bits per heavy atom. The SMILES string of the molecule is CCOc1nccnc1N1CCC(N(C)C(=O)c2cccs2)C1. The second-order valence-electron chi connectivity index (χ2n) is 5.40. The number of thiophene rings is 1. The summed E-state index contributed by atoms with van der Waals surface area (Å²) in [6.07, 6.45) is 4.22. The highest BCUT2D eigenvalue weighted by Crippen LogP contribution is 2.28. The third kappa shape index (κ3) is 3.29. The highest BCUT2D eigenvalue weighted by Gasteiger charge is 2.31. The zero-order chi connectivity index (χ0) is 16.2. The molecule has 0 spiro atoms. The van der Waals surface area contributed by atoms with Gasteiger partial charge in [-0.2, -0.15) is 0 Å². The molecule has 122 valence electrons. The molecule has 0 bridgehead atoms. The quantitative estimate of drug-likeness (QED) is 0.841. The van der Waals surface area contributed by atoms with Crippen molar-refractivity contribution in [1.82, 2.24) is 14.9 Å². The number of hydrogen-bond acceptors (Lipinski definition) is 6. The number of anilines is 1. The third-order valence-electron chi connectivity index (χ3n) is 3.99. The summed E-state index contributed by atoms with van der Waals surface area (Å²) in [7, 11) is 1.87. The highest BCUT2D eigenvalue weighted by atomic mass is 32.1. The van der Waals surface area contributed by atoms with Crippen molar-refractivity contribution in [3.63, 3.8) is 0 Å². The Morgan fingerprint density at radius 1 is 1.48 bits per heavy atom. The molecule has 23 heavy (non-hydrogen) atoms. The van der Waals surface area contributed by atoms with Crippen molar-refractivity contribution in [3.05, 3.63) is 34.8 Å². The second-order valence-corrected chi connectivity index (χ2v) is 6.35. The number of carbonyl (C=O) groups excluding carboxylic acids is 1. The van der Waals surface area contributed by atoms with Gasteiger partial charge in [0, 0.05) is 32.5 Å². The van der Waals surface area contributed by atoms with E-state index in [0.717, 1.165) is 30.2 Å². The molecule has 0 N–H and O–H groups in total. The number of ether oxygens (including phenoxy) is 1. The van der Waals surface area contributed by atoms with Crippen LogP contribution in [-0.4, -0.2) is 53.6 Å². The highest BCUT2D eigenvalue weighted by molar-refractivity contribution is 7.12. The first-order valence-electron chi connectivity index (χ1n) is 7.70. The molecule has 0 saturated carbocycles. The maximum absolute atomic E-state index is 12.5. The molecule has 7 heteroatoms. The molecule has 1 unspecified atom stereocenters. The maximum Gasteiger partial charge on any atom is 0.263 e. The smallest absolute Gasteiger partial charge is 0.263 e. The summed E-state index contributed by atoms with van der Waals surface area (Å²) < 4.78 is 5.56. The Hall–Kier alpha value is -2.15. The Bertz CT molecular complexity index is 662. The maximum atomic E-state index is 12.5. The third-order valence-corrected chi connectivity index (χ3v) is 4.85. The largest absolute Gasteiger partial charge is 0.475 e. The molecule has 1 fully saturated rings. The molecule has 1 aliphatic heterocycles. The molecule has 3 rings (SSSR count). The molecular formula is C16H20N4O2S.